The summed E-state index contributed by atoms with van der Waals surface area (Å²) in [6.07, 6.45) is 0. The molecule has 2 aromatic heterocycles. The van der Waals surface area contributed by atoms with Crippen molar-refractivity contribution in [3.8, 4) is 10.6 Å². The van der Waals surface area contributed by atoms with E-state index in [1.807, 2.05) is 17.5 Å². The minimum Gasteiger partial charge on any atom is -0.478 e. The Hall–Kier alpha value is -1.55. The summed E-state index contributed by atoms with van der Waals surface area (Å²) in [7, 11) is 0. The van der Waals surface area contributed by atoms with Gasteiger partial charge in [0.2, 0.25) is 0 Å². The summed E-state index contributed by atoms with van der Waals surface area (Å²) in [6.45, 7) is 1.76. The maximum absolute atomic E-state index is 10.8. The summed E-state index contributed by atoms with van der Waals surface area (Å²) in [6, 6.07) is 5.57. The monoisotopic (exact) mass is 207 g/mol. The highest BCUT2D eigenvalue weighted by atomic mass is 32.1. The number of nitrogens with one attached hydrogen (secondary N) is 1. The second kappa shape index (κ2) is 3.31. The van der Waals surface area contributed by atoms with Crippen LogP contribution in [0.25, 0.3) is 10.6 Å². The Balaban J connectivity index is 2.48. The van der Waals surface area contributed by atoms with Gasteiger partial charge >= 0.3 is 5.97 Å². The number of aryl methyl sites for hydroxylation is 1. The molecule has 14 heavy (non-hydrogen) atoms. The molecule has 0 aromatic carbocycles. The van der Waals surface area contributed by atoms with Crippen LogP contribution in [0, 0.1) is 6.92 Å². The minimum atomic E-state index is -0.887. The molecule has 2 heterocycles. The quantitative estimate of drug-likeness (QED) is 0.795. The molecule has 0 atom stereocenters. The van der Waals surface area contributed by atoms with E-state index in [4.69, 9.17) is 5.11 Å². The van der Waals surface area contributed by atoms with Gasteiger partial charge in [0.05, 0.1) is 16.1 Å². The van der Waals surface area contributed by atoms with Crippen molar-refractivity contribution in [2.24, 2.45) is 0 Å². The van der Waals surface area contributed by atoms with Crippen LogP contribution < -0.4 is 0 Å². The number of hydrogen-bond donors (Lipinski definition) is 2. The van der Waals surface area contributed by atoms with Crippen molar-refractivity contribution < 1.29 is 9.90 Å². The molecule has 72 valence electrons. The molecule has 0 amide bonds. The number of hydrogen-bond acceptors (Lipinski definition) is 2. The van der Waals surface area contributed by atoms with Gasteiger partial charge in [-0.2, -0.15) is 0 Å². The van der Waals surface area contributed by atoms with Crippen LogP contribution in [0.2, 0.25) is 0 Å². The second-order valence-corrected chi connectivity index (χ2v) is 3.95. The Morgan fingerprint density at radius 2 is 2.36 bits per heavy atom. The lowest BCUT2D eigenvalue weighted by atomic mass is 10.2. The van der Waals surface area contributed by atoms with Crippen molar-refractivity contribution in [2.75, 3.05) is 0 Å². The number of carboxylic acids is 1. The highest BCUT2D eigenvalue weighted by Gasteiger charge is 2.12. The van der Waals surface area contributed by atoms with Gasteiger partial charge in [0.15, 0.2) is 0 Å². The summed E-state index contributed by atoms with van der Waals surface area (Å²) < 4.78 is 0. The molecule has 4 heteroatoms. The van der Waals surface area contributed by atoms with Crippen LogP contribution in [0.4, 0.5) is 0 Å². The maximum Gasteiger partial charge on any atom is 0.337 e. The smallest absolute Gasteiger partial charge is 0.337 e. The number of thiophene rings is 1. The Morgan fingerprint density at radius 1 is 1.57 bits per heavy atom. The SMILES string of the molecule is Cc1[nH]c(-c2cccs2)cc1C(=O)O. The zero-order valence-electron chi connectivity index (χ0n) is 7.57. The Labute approximate surface area is 85.0 Å². The lowest BCUT2D eigenvalue weighted by Gasteiger charge is -1.88. The first kappa shape index (κ1) is 9.02. The molecule has 0 unspecified atom stereocenters. The predicted molar refractivity (Wildman–Crippen MR) is 55.8 cm³/mol. The fourth-order valence-corrected chi connectivity index (χ4v) is 2.04. The van der Waals surface area contributed by atoms with Gasteiger partial charge < -0.3 is 10.1 Å². The number of carboxylic acid groups (broad SMARTS) is 1. The van der Waals surface area contributed by atoms with E-state index >= 15 is 0 Å². The highest BCUT2D eigenvalue weighted by molar-refractivity contribution is 7.13. The topological polar surface area (TPSA) is 53.1 Å². The number of rotatable bonds is 2. The van der Waals surface area contributed by atoms with Gasteiger partial charge in [-0.1, -0.05) is 6.07 Å². The zero-order chi connectivity index (χ0) is 10.1. The molecule has 0 bridgehead atoms. The van der Waals surface area contributed by atoms with Gasteiger partial charge in [-0.25, -0.2) is 4.79 Å². The van der Waals surface area contributed by atoms with E-state index in [-0.39, 0.29) is 0 Å². The van der Waals surface area contributed by atoms with Crippen LogP contribution >= 0.6 is 11.3 Å². The van der Waals surface area contributed by atoms with Crippen LogP contribution in [-0.4, -0.2) is 16.1 Å². The van der Waals surface area contributed by atoms with Crippen molar-refractivity contribution in [2.45, 2.75) is 6.92 Å². The first-order chi connectivity index (χ1) is 6.68. The summed E-state index contributed by atoms with van der Waals surface area (Å²) in [4.78, 5) is 14.9. The first-order valence-electron chi connectivity index (χ1n) is 4.15. The van der Waals surface area contributed by atoms with Crippen molar-refractivity contribution in [1.29, 1.82) is 0 Å². The number of aromatic carboxylic acids is 1. The Morgan fingerprint density at radius 3 is 2.86 bits per heavy atom. The van der Waals surface area contributed by atoms with E-state index in [9.17, 15) is 4.79 Å². The summed E-state index contributed by atoms with van der Waals surface area (Å²) in [5.41, 5.74) is 1.91. The third-order valence-electron chi connectivity index (χ3n) is 2.03. The van der Waals surface area contributed by atoms with Gasteiger partial charge in [0.1, 0.15) is 0 Å². The lowest BCUT2D eigenvalue weighted by molar-refractivity contribution is 0.0696. The molecule has 0 aliphatic carbocycles. The fraction of sp³-hybridized carbons (Fsp3) is 0.100. The molecular formula is C10H9NO2S. The molecule has 0 fully saturated rings. The number of carbonyl (C=O) groups is 1. The molecule has 0 saturated heterocycles. The Kier molecular flexibility index (Phi) is 2.13. The maximum atomic E-state index is 10.8. The van der Waals surface area contributed by atoms with Crippen LogP contribution in [0.3, 0.4) is 0 Å². The molecule has 0 aliphatic rings. The molecule has 2 N–H and O–H groups in total. The second-order valence-electron chi connectivity index (χ2n) is 3.00. The Bertz CT molecular complexity index is 456. The number of H-pyrrole nitrogens is 1. The van der Waals surface area contributed by atoms with Gasteiger partial charge in [-0.3, -0.25) is 0 Å². The molecule has 0 aliphatic heterocycles. The average Bonchev–Trinajstić information content (AvgIpc) is 2.70. The molecule has 2 aromatic rings. The van der Waals surface area contributed by atoms with Gasteiger partial charge in [-0.15, -0.1) is 11.3 Å². The van der Waals surface area contributed by atoms with Gasteiger partial charge in [-0.05, 0) is 24.4 Å². The van der Waals surface area contributed by atoms with Crippen LogP contribution in [-0.2, 0) is 0 Å². The molecule has 0 radical (unpaired) electrons. The van der Waals surface area contributed by atoms with Gasteiger partial charge in [0.25, 0.3) is 0 Å². The van der Waals surface area contributed by atoms with Crippen molar-refractivity contribution in [3.63, 3.8) is 0 Å². The number of aromatic amines is 1. The standard InChI is InChI=1S/C10H9NO2S/c1-6-7(10(12)13)5-8(11-6)9-3-2-4-14-9/h2-5,11H,1H3,(H,12,13). The third-order valence-corrected chi connectivity index (χ3v) is 2.94. The normalized spacial score (nSPS) is 10.4. The average molecular weight is 207 g/mol. The number of aromatic nitrogens is 1. The molecule has 0 saturated carbocycles. The zero-order valence-corrected chi connectivity index (χ0v) is 8.39. The molecule has 0 spiro atoms. The fourth-order valence-electron chi connectivity index (χ4n) is 1.34. The van der Waals surface area contributed by atoms with E-state index in [1.165, 1.54) is 0 Å². The van der Waals surface area contributed by atoms with E-state index < -0.39 is 5.97 Å². The van der Waals surface area contributed by atoms with E-state index in [1.54, 1.807) is 24.3 Å². The first-order valence-corrected chi connectivity index (χ1v) is 5.03. The van der Waals surface area contributed by atoms with E-state index in [0.29, 0.717) is 11.3 Å². The molecular weight excluding hydrogens is 198 g/mol. The lowest BCUT2D eigenvalue weighted by Crippen LogP contribution is -1.95. The van der Waals surface area contributed by atoms with E-state index in [2.05, 4.69) is 4.98 Å². The van der Waals surface area contributed by atoms with Gasteiger partial charge in [0, 0.05) is 5.69 Å². The summed E-state index contributed by atoms with van der Waals surface area (Å²) in [5, 5.41) is 10.8. The van der Waals surface area contributed by atoms with Crippen molar-refractivity contribution >= 4 is 17.3 Å². The summed E-state index contributed by atoms with van der Waals surface area (Å²) in [5.74, 6) is -0.887. The predicted octanol–water partition coefficient (Wildman–Crippen LogP) is 2.75. The minimum absolute atomic E-state index is 0.341. The van der Waals surface area contributed by atoms with Crippen LogP contribution in [0.1, 0.15) is 16.1 Å². The molecule has 3 nitrogen and oxygen atoms in total. The van der Waals surface area contributed by atoms with E-state index in [0.717, 1.165) is 10.6 Å². The van der Waals surface area contributed by atoms with Crippen molar-refractivity contribution in [3.05, 3.63) is 34.8 Å². The highest BCUT2D eigenvalue weighted by Crippen LogP contribution is 2.25. The van der Waals surface area contributed by atoms with Crippen LogP contribution in [0.15, 0.2) is 23.6 Å². The largest absolute Gasteiger partial charge is 0.478 e. The summed E-state index contributed by atoms with van der Waals surface area (Å²) >= 11 is 1.59. The van der Waals surface area contributed by atoms with Crippen LogP contribution in [0.5, 0.6) is 0 Å². The van der Waals surface area contributed by atoms with Crippen molar-refractivity contribution in [1.82, 2.24) is 4.98 Å². The third kappa shape index (κ3) is 1.44. The molecule has 2 rings (SSSR count).